The fourth-order valence-electron chi connectivity index (χ4n) is 2.10. The number of carbonyl (C=O) groups is 1. The van der Waals surface area contributed by atoms with Gasteiger partial charge in [-0.15, -0.1) is 0 Å². The maximum absolute atomic E-state index is 12.2. The van der Waals surface area contributed by atoms with Crippen molar-refractivity contribution in [3.05, 3.63) is 52.0 Å². The van der Waals surface area contributed by atoms with Gasteiger partial charge in [0.05, 0.1) is 5.02 Å². The normalized spacial score (nSPS) is 12.2. The van der Waals surface area contributed by atoms with E-state index >= 15 is 0 Å². The standard InChI is InChI=1S/C15H17Cl2N3O2/c1-20-13(7-12(16)14(20)17)15(22)19-8-10(9-21)6-11-4-2-3-5-18-11/h2-5,7,10,21H,6,8-9H2,1H3,(H,19,22). The Kier molecular flexibility index (Phi) is 5.83. The number of nitrogens with one attached hydrogen (secondary N) is 1. The summed E-state index contributed by atoms with van der Waals surface area (Å²) < 4.78 is 1.52. The summed E-state index contributed by atoms with van der Waals surface area (Å²) in [4.78, 5) is 16.4. The summed E-state index contributed by atoms with van der Waals surface area (Å²) in [5, 5.41) is 12.9. The van der Waals surface area contributed by atoms with Crippen LogP contribution in [0.4, 0.5) is 0 Å². The Morgan fingerprint density at radius 3 is 2.77 bits per heavy atom. The molecule has 2 N–H and O–H groups in total. The van der Waals surface area contributed by atoms with E-state index in [0.29, 0.717) is 28.8 Å². The zero-order valence-electron chi connectivity index (χ0n) is 12.1. The molecule has 0 aliphatic heterocycles. The number of aliphatic hydroxyl groups excluding tert-OH is 1. The van der Waals surface area contributed by atoms with Crippen molar-refractivity contribution in [2.45, 2.75) is 6.42 Å². The molecule has 0 bridgehead atoms. The maximum atomic E-state index is 12.2. The largest absolute Gasteiger partial charge is 0.396 e. The number of halogens is 2. The van der Waals surface area contributed by atoms with Crippen LogP contribution in [0.25, 0.3) is 0 Å². The molecule has 0 aliphatic carbocycles. The molecule has 0 saturated carbocycles. The molecule has 0 spiro atoms. The van der Waals surface area contributed by atoms with Crippen LogP contribution in [0, 0.1) is 5.92 Å². The Labute approximate surface area is 138 Å². The Balaban J connectivity index is 1.95. The number of amides is 1. The molecule has 0 saturated heterocycles. The van der Waals surface area contributed by atoms with Gasteiger partial charge in [-0.3, -0.25) is 9.78 Å². The third-order valence-electron chi connectivity index (χ3n) is 3.38. The Bertz CT molecular complexity index is 644. The molecule has 2 aromatic rings. The molecule has 1 unspecified atom stereocenters. The summed E-state index contributed by atoms with van der Waals surface area (Å²) in [6.45, 7) is 0.303. The van der Waals surface area contributed by atoms with Crippen LogP contribution >= 0.6 is 23.2 Å². The molecule has 2 heterocycles. The van der Waals surface area contributed by atoms with Gasteiger partial charge >= 0.3 is 0 Å². The van der Waals surface area contributed by atoms with Gasteiger partial charge in [0.25, 0.3) is 5.91 Å². The van der Waals surface area contributed by atoms with Crippen LogP contribution < -0.4 is 5.32 Å². The first-order valence-electron chi connectivity index (χ1n) is 6.82. The van der Waals surface area contributed by atoms with Gasteiger partial charge in [0.2, 0.25) is 0 Å². The lowest BCUT2D eigenvalue weighted by Crippen LogP contribution is -2.33. The van der Waals surface area contributed by atoms with Gasteiger partial charge in [0.1, 0.15) is 10.8 Å². The summed E-state index contributed by atoms with van der Waals surface area (Å²) >= 11 is 11.8. The number of hydrogen-bond donors (Lipinski definition) is 2. The van der Waals surface area contributed by atoms with Gasteiger partial charge in [-0.25, -0.2) is 0 Å². The quantitative estimate of drug-likeness (QED) is 0.847. The van der Waals surface area contributed by atoms with E-state index in [0.717, 1.165) is 5.69 Å². The summed E-state index contributed by atoms with van der Waals surface area (Å²) in [5.41, 5.74) is 1.25. The molecule has 1 amide bonds. The number of aliphatic hydroxyl groups is 1. The Morgan fingerprint density at radius 1 is 1.45 bits per heavy atom. The van der Waals surface area contributed by atoms with Gasteiger partial charge in [-0.05, 0) is 24.6 Å². The summed E-state index contributed by atoms with van der Waals surface area (Å²) in [5.74, 6) is -0.388. The topological polar surface area (TPSA) is 67.2 Å². The summed E-state index contributed by atoms with van der Waals surface area (Å²) in [7, 11) is 1.67. The molecule has 2 rings (SSSR count). The summed E-state index contributed by atoms with van der Waals surface area (Å²) in [6, 6.07) is 7.14. The van der Waals surface area contributed by atoms with Crippen LogP contribution in [0.5, 0.6) is 0 Å². The van der Waals surface area contributed by atoms with Crippen molar-refractivity contribution in [2.24, 2.45) is 13.0 Å². The minimum Gasteiger partial charge on any atom is -0.396 e. The fourth-order valence-corrected chi connectivity index (χ4v) is 2.48. The Morgan fingerprint density at radius 2 is 2.23 bits per heavy atom. The average molecular weight is 342 g/mol. The first-order valence-corrected chi connectivity index (χ1v) is 7.58. The Hall–Kier alpha value is -1.56. The first-order chi connectivity index (χ1) is 10.5. The second-order valence-corrected chi connectivity index (χ2v) is 5.78. The second-order valence-electron chi connectivity index (χ2n) is 5.01. The zero-order valence-corrected chi connectivity index (χ0v) is 13.6. The van der Waals surface area contributed by atoms with Crippen molar-refractivity contribution >= 4 is 29.1 Å². The third kappa shape index (κ3) is 4.00. The lowest BCUT2D eigenvalue weighted by Gasteiger charge is -2.15. The van der Waals surface area contributed by atoms with E-state index in [1.807, 2.05) is 18.2 Å². The number of rotatable bonds is 6. The monoisotopic (exact) mass is 341 g/mol. The molecule has 118 valence electrons. The van der Waals surface area contributed by atoms with Crippen molar-refractivity contribution < 1.29 is 9.90 Å². The van der Waals surface area contributed by atoms with Crippen LogP contribution in [0.1, 0.15) is 16.2 Å². The van der Waals surface area contributed by atoms with Crippen molar-refractivity contribution in [3.8, 4) is 0 Å². The van der Waals surface area contributed by atoms with Gasteiger partial charge in [-0.1, -0.05) is 29.3 Å². The molecule has 1 atom stereocenters. The average Bonchev–Trinajstić information content (AvgIpc) is 2.79. The fraction of sp³-hybridized carbons (Fsp3) is 0.333. The zero-order chi connectivity index (χ0) is 16.1. The molecule has 2 aromatic heterocycles. The highest BCUT2D eigenvalue weighted by molar-refractivity contribution is 6.41. The van der Waals surface area contributed by atoms with Crippen LogP contribution in [0.15, 0.2) is 30.5 Å². The van der Waals surface area contributed by atoms with E-state index in [1.165, 1.54) is 10.6 Å². The highest BCUT2D eigenvalue weighted by Gasteiger charge is 2.17. The molecule has 7 heteroatoms. The van der Waals surface area contributed by atoms with Crippen LogP contribution in [0.3, 0.4) is 0 Å². The van der Waals surface area contributed by atoms with Crippen LogP contribution in [-0.4, -0.2) is 33.7 Å². The molecule has 22 heavy (non-hydrogen) atoms. The van der Waals surface area contributed by atoms with Gasteiger partial charge < -0.3 is 15.0 Å². The highest BCUT2D eigenvalue weighted by atomic mass is 35.5. The van der Waals surface area contributed by atoms with Crippen molar-refractivity contribution in [1.82, 2.24) is 14.9 Å². The third-order valence-corrected chi connectivity index (χ3v) is 4.22. The summed E-state index contributed by atoms with van der Waals surface area (Å²) in [6.07, 6.45) is 2.29. The second kappa shape index (κ2) is 7.63. The lowest BCUT2D eigenvalue weighted by molar-refractivity contribution is 0.0931. The number of aromatic nitrogens is 2. The molecule has 0 radical (unpaired) electrons. The predicted octanol–water partition coefficient (Wildman–Crippen LogP) is 2.31. The number of pyridine rings is 1. The van der Waals surface area contributed by atoms with E-state index < -0.39 is 0 Å². The molecule has 5 nitrogen and oxygen atoms in total. The highest BCUT2D eigenvalue weighted by Crippen LogP contribution is 2.25. The van der Waals surface area contributed by atoms with E-state index in [-0.39, 0.29) is 18.4 Å². The minimum absolute atomic E-state index is 0.0362. The molecule has 0 aromatic carbocycles. The number of nitrogens with zero attached hydrogens (tertiary/aromatic N) is 2. The number of carbonyl (C=O) groups excluding carboxylic acids is 1. The minimum atomic E-state index is -0.282. The molecule has 0 aliphatic rings. The van der Waals surface area contributed by atoms with Crippen LogP contribution in [0.2, 0.25) is 10.2 Å². The van der Waals surface area contributed by atoms with E-state index in [4.69, 9.17) is 23.2 Å². The van der Waals surface area contributed by atoms with Crippen LogP contribution in [-0.2, 0) is 13.5 Å². The van der Waals surface area contributed by atoms with Gasteiger partial charge in [0.15, 0.2) is 0 Å². The van der Waals surface area contributed by atoms with Crippen molar-refractivity contribution in [3.63, 3.8) is 0 Å². The van der Waals surface area contributed by atoms with Crippen molar-refractivity contribution in [2.75, 3.05) is 13.2 Å². The molecule has 0 fully saturated rings. The SMILES string of the molecule is Cn1c(C(=O)NCC(CO)Cc2ccccn2)cc(Cl)c1Cl. The smallest absolute Gasteiger partial charge is 0.268 e. The van der Waals surface area contributed by atoms with Gasteiger partial charge in [-0.2, -0.15) is 0 Å². The first kappa shape index (κ1) is 16.8. The molecular formula is C15H17Cl2N3O2. The maximum Gasteiger partial charge on any atom is 0.268 e. The van der Waals surface area contributed by atoms with E-state index in [1.54, 1.807) is 13.2 Å². The van der Waals surface area contributed by atoms with E-state index in [2.05, 4.69) is 10.3 Å². The van der Waals surface area contributed by atoms with E-state index in [9.17, 15) is 9.90 Å². The predicted molar refractivity (Wildman–Crippen MR) is 86.3 cm³/mol. The lowest BCUT2D eigenvalue weighted by atomic mass is 10.0. The molecular weight excluding hydrogens is 325 g/mol. The van der Waals surface area contributed by atoms with Crippen molar-refractivity contribution in [1.29, 1.82) is 0 Å². The number of hydrogen-bond acceptors (Lipinski definition) is 3. The van der Waals surface area contributed by atoms with Gasteiger partial charge in [0, 0.05) is 38.0 Å².